The van der Waals surface area contributed by atoms with Gasteiger partial charge in [0.2, 0.25) is 0 Å². The second-order valence-corrected chi connectivity index (χ2v) is 4.60. The van der Waals surface area contributed by atoms with Gasteiger partial charge in [-0.05, 0) is 43.2 Å². The molecule has 0 spiro atoms. The van der Waals surface area contributed by atoms with E-state index in [0.717, 1.165) is 22.5 Å². The molecule has 3 nitrogen and oxygen atoms in total. The van der Waals surface area contributed by atoms with Gasteiger partial charge in [-0.15, -0.1) is 0 Å². The first-order valence-corrected chi connectivity index (χ1v) is 6.14. The maximum atomic E-state index is 11.2. The lowest BCUT2D eigenvalue weighted by molar-refractivity contribution is 0.0696. The topological polar surface area (TPSA) is 40.5 Å². The number of hydrogen-bond acceptors (Lipinski definition) is 2. The fraction of sp³-hybridized carbons (Fsp3) is 0.188. The number of aryl methyl sites for hydroxylation is 1. The number of rotatable bonds is 3. The first-order valence-electron chi connectivity index (χ1n) is 6.14. The van der Waals surface area contributed by atoms with Gasteiger partial charge >= 0.3 is 5.97 Å². The lowest BCUT2D eigenvalue weighted by atomic mass is 10.1. The van der Waals surface area contributed by atoms with E-state index in [0.29, 0.717) is 5.56 Å². The van der Waals surface area contributed by atoms with Gasteiger partial charge in [-0.25, -0.2) is 4.79 Å². The number of nitrogens with zero attached hydrogens (tertiary/aromatic N) is 1. The summed E-state index contributed by atoms with van der Waals surface area (Å²) < 4.78 is 0. The van der Waals surface area contributed by atoms with Crippen molar-refractivity contribution in [3.8, 4) is 0 Å². The van der Waals surface area contributed by atoms with Gasteiger partial charge in [0.1, 0.15) is 0 Å². The van der Waals surface area contributed by atoms with Crippen molar-refractivity contribution in [2.75, 3.05) is 11.9 Å². The molecule has 0 amide bonds. The largest absolute Gasteiger partial charge is 0.478 e. The molecule has 0 atom stereocenters. The predicted molar refractivity (Wildman–Crippen MR) is 77.4 cm³/mol. The average Bonchev–Trinajstić information content (AvgIpc) is 2.38. The summed E-state index contributed by atoms with van der Waals surface area (Å²) in [6.45, 7) is 3.88. The fourth-order valence-corrected chi connectivity index (χ4v) is 2.29. The molecule has 0 fully saturated rings. The summed E-state index contributed by atoms with van der Waals surface area (Å²) in [5, 5.41) is 9.18. The zero-order chi connectivity index (χ0) is 14.0. The Labute approximate surface area is 113 Å². The highest BCUT2D eigenvalue weighted by Gasteiger charge is 2.14. The molecule has 0 bridgehead atoms. The minimum absolute atomic E-state index is 0.345. The Morgan fingerprint density at radius 2 is 1.63 bits per heavy atom. The molecule has 2 aromatic rings. The van der Waals surface area contributed by atoms with Crippen LogP contribution in [0, 0.1) is 13.8 Å². The Morgan fingerprint density at radius 1 is 1.00 bits per heavy atom. The Bertz CT molecular complexity index is 620. The Balaban J connectivity index is 2.51. The zero-order valence-corrected chi connectivity index (χ0v) is 11.3. The maximum absolute atomic E-state index is 11.2. The van der Waals surface area contributed by atoms with E-state index in [4.69, 9.17) is 0 Å². The van der Waals surface area contributed by atoms with Crippen LogP contribution in [0.15, 0.2) is 42.5 Å². The molecule has 2 aromatic carbocycles. The molecule has 3 heteroatoms. The van der Waals surface area contributed by atoms with Crippen LogP contribution in [-0.2, 0) is 0 Å². The third-order valence-corrected chi connectivity index (χ3v) is 3.37. The van der Waals surface area contributed by atoms with Crippen molar-refractivity contribution in [3.05, 3.63) is 59.2 Å². The third kappa shape index (κ3) is 2.45. The van der Waals surface area contributed by atoms with Gasteiger partial charge in [0.15, 0.2) is 0 Å². The average molecular weight is 255 g/mol. The van der Waals surface area contributed by atoms with Crippen LogP contribution in [0.5, 0.6) is 0 Å². The number of para-hydroxylation sites is 1. The summed E-state index contributed by atoms with van der Waals surface area (Å²) in [5.74, 6) is -0.891. The van der Waals surface area contributed by atoms with Crippen molar-refractivity contribution in [2.24, 2.45) is 0 Å². The molecule has 2 rings (SSSR count). The second-order valence-electron chi connectivity index (χ2n) is 4.60. The van der Waals surface area contributed by atoms with Crippen molar-refractivity contribution in [1.82, 2.24) is 0 Å². The van der Waals surface area contributed by atoms with E-state index in [1.807, 2.05) is 56.1 Å². The van der Waals surface area contributed by atoms with Gasteiger partial charge in [0.05, 0.1) is 5.56 Å². The number of benzene rings is 2. The number of aromatic carboxylic acids is 1. The van der Waals surface area contributed by atoms with Crippen molar-refractivity contribution in [1.29, 1.82) is 0 Å². The molecule has 0 heterocycles. The number of carboxylic acid groups (broad SMARTS) is 1. The van der Waals surface area contributed by atoms with Crippen LogP contribution in [0.4, 0.5) is 11.4 Å². The molecule has 0 saturated carbocycles. The zero-order valence-electron chi connectivity index (χ0n) is 11.3. The van der Waals surface area contributed by atoms with Gasteiger partial charge in [-0.2, -0.15) is 0 Å². The minimum Gasteiger partial charge on any atom is -0.478 e. The summed E-state index contributed by atoms with van der Waals surface area (Å²) >= 11 is 0. The van der Waals surface area contributed by atoms with E-state index in [-0.39, 0.29) is 0 Å². The van der Waals surface area contributed by atoms with Gasteiger partial charge in [0.25, 0.3) is 0 Å². The highest BCUT2D eigenvalue weighted by molar-refractivity contribution is 5.91. The van der Waals surface area contributed by atoms with E-state index < -0.39 is 5.97 Å². The molecule has 0 aliphatic heterocycles. The number of anilines is 2. The smallest absolute Gasteiger partial charge is 0.336 e. The van der Waals surface area contributed by atoms with Crippen LogP contribution in [-0.4, -0.2) is 18.1 Å². The van der Waals surface area contributed by atoms with E-state index in [1.54, 1.807) is 12.1 Å². The van der Waals surface area contributed by atoms with Gasteiger partial charge in [-0.1, -0.05) is 24.3 Å². The summed E-state index contributed by atoms with van der Waals surface area (Å²) in [6.07, 6.45) is 0. The number of hydrogen-bond donors (Lipinski definition) is 1. The molecule has 0 unspecified atom stereocenters. The molecule has 0 aliphatic carbocycles. The molecule has 19 heavy (non-hydrogen) atoms. The molecule has 0 radical (unpaired) electrons. The number of carbonyl (C=O) groups is 1. The lowest BCUT2D eigenvalue weighted by Gasteiger charge is -2.24. The molecule has 0 saturated heterocycles. The van der Waals surface area contributed by atoms with E-state index in [2.05, 4.69) is 0 Å². The Hall–Kier alpha value is -2.29. The SMILES string of the molecule is Cc1ccccc1N(C)c1cccc(C(=O)O)c1C. The monoisotopic (exact) mass is 255 g/mol. The van der Waals surface area contributed by atoms with Crippen molar-refractivity contribution < 1.29 is 9.90 Å². The van der Waals surface area contributed by atoms with Gasteiger partial charge in [-0.3, -0.25) is 0 Å². The lowest BCUT2D eigenvalue weighted by Crippen LogP contribution is -2.14. The summed E-state index contributed by atoms with van der Waals surface area (Å²) in [5.41, 5.74) is 4.27. The Morgan fingerprint density at radius 3 is 2.26 bits per heavy atom. The quantitative estimate of drug-likeness (QED) is 0.907. The van der Waals surface area contributed by atoms with Crippen molar-refractivity contribution >= 4 is 17.3 Å². The molecule has 0 aliphatic rings. The highest BCUT2D eigenvalue weighted by Crippen LogP contribution is 2.30. The second kappa shape index (κ2) is 5.14. The van der Waals surface area contributed by atoms with Gasteiger partial charge in [0, 0.05) is 18.4 Å². The van der Waals surface area contributed by atoms with E-state index in [1.165, 1.54) is 0 Å². The van der Waals surface area contributed by atoms with Crippen LogP contribution >= 0.6 is 0 Å². The first-order chi connectivity index (χ1) is 9.02. The normalized spacial score (nSPS) is 10.3. The number of carboxylic acids is 1. The first kappa shape index (κ1) is 13.1. The molecular weight excluding hydrogens is 238 g/mol. The molecule has 1 N–H and O–H groups in total. The van der Waals surface area contributed by atoms with Crippen LogP contribution in [0.1, 0.15) is 21.5 Å². The summed E-state index contributed by atoms with van der Waals surface area (Å²) in [7, 11) is 1.95. The van der Waals surface area contributed by atoms with Crippen LogP contribution in [0.2, 0.25) is 0 Å². The van der Waals surface area contributed by atoms with Crippen molar-refractivity contribution in [3.63, 3.8) is 0 Å². The van der Waals surface area contributed by atoms with E-state index in [9.17, 15) is 9.90 Å². The van der Waals surface area contributed by atoms with Crippen molar-refractivity contribution in [2.45, 2.75) is 13.8 Å². The fourth-order valence-electron chi connectivity index (χ4n) is 2.29. The minimum atomic E-state index is -0.891. The summed E-state index contributed by atoms with van der Waals surface area (Å²) in [6, 6.07) is 13.4. The molecule has 0 aromatic heterocycles. The van der Waals surface area contributed by atoms with Crippen LogP contribution in [0.25, 0.3) is 0 Å². The third-order valence-electron chi connectivity index (χ3n) is 3.37. The van der Waals surface area contributed by atoms with Crippen LogP contribution < -0.4 is 4.90 Å². The maximum Gasteiger partial charge on any atom is 0.336 e. The molecular formula is C16H17NO2. The predicted octanol–water partition coefficient (Wildman–Crippen LogP) is 3.77. The molecule has 98 valence electrons. The standard InChI is InChI=1S/C16H17NO2/c1-11-7-4-5-9-14(11)17(3)15-10-6-8-13(12(15)2)16(18)19/h4-10H,1-3H3,(H,18,19). The highest BCUT2D eigenvalue weighted by atomic mass is 16.4. The van der Waals surface area contributed by atoms with Crippen LogP contribution in [0.3, 0.4) is 0 Å². The Kier molecular flexibility index (Phi) is 3.56. The van der Waals surface area contributed by atoms with E-state index >= 15 is 0 Å². The summed E-state index contributed by atoms with van der Waals surface area (Å²) in [4.78, 5) is 13.2. The van der Waals surface area contributed by atoms with Gasteiger partial charge < -0.3 is 10.0 Å².